The van der Waals surface area contributed by atoms with Crippen LogP contribution in [0.5, 0.6) is 5.75 Å². The van der Waals surface area contributed by atoms with Gasteiger partial charge in [-0.2, -0.15) is 4.68 Å². The molecule has 0 N–H and O–H groups in total. The summed E-state index contributed by atoms with van der Waals surface area (Å²) >= 11 is 0. The summed E-state index contributed by atoms with van der Waals surface area (Å²) in [5.74, 6) is 0.334. The first-order valence-corrected chi connectivity index (χ1v) is 6.54. The summed E-state index contributed by atoms with van der Waals surface area (Å²) in [7, 11) is 1.64. The van der Waals surface area contributed by atoms with E-state index in [0.29, 0.717) is 0 Å². The molecule has 3 rings (SSSR count). The van der Waals surface area contributed by atoms with E-state index in [1.165, 1.54) is 6.33 Å². The molecule has 0 unspecified atom stereocenters. The summed E-state index contributed by atoms with van der Waals surface area (Å²) in [6.07, 6.45) is 1.31. The third kappa shape index (κ3) is 2.47. The van der Waals surface area contributed by atoms with Crippen LogP contribution in [-0.2, 0) is 0 Å². The summed E-state index contributed by atoms with van der Waals surface area (Å²) in [5, 5.41) is 12.7. The molecule has 1 heterocycles. The second kappa shape index (κ2) is 5.32. The number of benzene rings is 2. The predicted octanol–water partition coefficient (Wildman–Crippen LogP) is 2.28. The third-order valence-electron chi connectivity index (χ3n) is 3.52. The van der Waals surface area contributed by atoms with Crippen molar-refractivity contribution in [3.8, 4) is 5.75 Å². The lowest BCUT2D eigenvalue weighted by molar-refractivity contribution is 0.0866. The van der Waals surface area contributed by atoms with Crippen LogP contribution >= 0.6 is 0 Å². The lowest BCUT2D eigenvalue weighted by Gasteiger charge is -2.11. The summed E-state index contributed by atoms with van der Waals surface area (Å²) < 4.78 is 6.36. The van der Waals surface area contributed by atoms with Crippen LogP contribution in [0.1, 0.15) is 23.2 Å². The Hall–Kier alpha value is -2.76. The first-order chi connectivity index (χ1) is 10.2. The minimum Gasteiger partial charge on any atom is -0.497 e. The molecule has 6 nitrogen and oxygen atoms in total. The number of hydrogen-bond acceptors (Lipinski definition) is 5. The van der Waals surface area contributed by atoms with E-state index in [1.807, 2.05) is 43.3 Å². The number of nitrogens with zero attached hydrogens (tertiary/aromatic N) is 4. The van der Waals surface area contributed by atoms with E-state index in [4.69, 9.17) is 4.74 Å². The van der Waals surface area contributed by atoms with Gasteiger partial charge >= 0.3 is 0 Å². The second-order valence-corrected chi connectivity index (χ2v) is 4.79. The average Bonchev–Trinajstić information content (AvgIpc) is 3.06. The molecule has 0 bridgehead atoms. The van der Waals surface area contributed by atoms with Crippen LogP contribution in [0.2, 0.25) is 0 Å². The largest absolute Gasteiger partial charge is 0.497 e. The Morgan fingerprint density at radius 3 is 2.67 bits per heavy atom. The highest BCUT2D eigenvalue weighted by Crippen LogP contribution is 2.25. The normalized spacial score (nSPS) is 12.3. The quantitative estimate of drug-likeness (QED) is 0.689. The molecule has 1 atom stereocenters. The van der Waals surface area contributed by atoms with Crippen LogP contribution in [-0.4, -0.2) is 33.2 Å². The van der Waals surface area contributed by atoms with Crippen LogP contribution < -0.4 is 4.74 Å². The van der Waals surface area contributed by atoms with Crippen molar-refractivity contribution in [2.45, 2.75) is 12.8 Å². The van der Waals surface area contributed by atoms with E-state index < -0.39 is 0 Å². The summed E-state index contributed by atoms with van der Waals surface area (Å²) in [4.78, 5) is 12.2. The molecule has 3 aromatic rings. The van der Waals surface area contributed by atoms with E-state index in [-0.39, 0.29) is 11.8 Å². The Bertz CT molecular complexity index is 783. The maximum absolute atomic E-state index is 12.2. The highest BCUT2D eigenvalue weighted by molar-refractivity contribution is 5.88. The number of rotatable bonds is 3. The zero-order chi connectivity index (χ0) is 14.8. The van der Waals surface area contributed by atoms with Gasteiger partial charge < -0.3 is 4.74 Å². The monoisotopic (exact) mass is 282 g/mol. The highest BCUT2D eigenvalue weighted by Gasteiger charge is 2.18. The Morgan fingerprint density at radius 1 is 1.19 bits per heavy atom. The number of carbonyl (C=O) groups is 1. The molecule has 0 amide bonds. The molecule has 0 radical (unpaired) electrons. The maximum Gasteiger partial charge on any atom is 0.257 e. The van der Waals surface area contributed by atoms with Gasteiger partial charge in [0, 0.05) is 0 Å². The number of hydrogen-bond donors (Lipinski definition) is 0. The Balaban J connectivity index is 1.95. The number of carbonyl (C=O) groups excluding carboxylic acids is 1. The second-order valence-electron chi connectivity index (χ2n) is 4.79. The van der Waals surface area contributed by atoms with Crippen molar-refractivity contribution in [2.75, 3.05) is 7.11 Å². The van der Waals surface area contributed by atoms with Gasteiger partial charge in [-0.05, 0) is 45.8 Å². The topological polar surface area (TPSA) is 69.9 Å². The molecule has 0 saturated heterocycles. The number of ether oxygens (including phenoxy) is 1. The number of methoxy groups -OCH3 is 1. The molecule has 106 valence electrons. The van der Waals surface area contributed by atoms with E-state index in [9.17, 15) is 4.79 Å². The lowest BCUT2D eigenvalue weighted by atomic mass is 9.97. The smallest absolute Gasteiger partial charge is 0.257 e. The predicted molar refractivity (Wildman–Crippen MR) is 77.4 cm³/mol. The molecule has 1 aromatic heterocycles. The standard InChI is InChI=1S/C15H14N4O2/c1-10(15(20)19-9-16-17-18-19)11-3-4-13-8-14(21-2)6-5-12(13)7-11/h3-10H,1-2H3/t10-/m0/s1. The molecule has 0 fully saturated rings. The molecular weight excluding hydrogens is 268 g/mol. The lowest BCUT2D eigenvalue weighted by Crippen LogP contribution is -2.18. The highest BCUT2D eigenvalue weighted by atomic mass is 16.5. The van der Waals surface area contributed by atoms with Gasteiger partial charge in [-0.25, -0.2) is 0 Å². The average molecular weight is 282 g/mol. The fraction of sp³-hybridized carbons (Fsp3) is 0.200. The van der Waals surface area contributed by atoms with Gasteiger partial charge in [-0.1, -0.05) is 24.3 Å². The van der Waals surface area contributed by atoms with Gasteiger partial charge in [0.1, 0.15) is 12.1 Å². The van der Waals surface area contributed by atoms with Gasteiger partial charge in [-0.3, -0.25) is 4.79 Å². The van der Waals surface area contributed by atoms with Crippen molar-refractivity contribution < 1.29 is 9.53 Å². The molecule has 2 aromatic carbocycles. The minimum absolute atomic E-state index is 0.159. The van der Waals surface area contributed by atoms with Crippen molar-refractivity contribution in [2.24, 2.45) is 0 Å². The van der Waals surface area contributed by atoms with Gasteiger partial charge in [-0.15, -0.1) is 5.10 Å². The fourth-order valence-corrected chi connectivity index (χ4v) is 2.24. The summed E-state index contributed by atoms with van der Waals surface area (Å²) in [6, 6.07) is 11.8. The van der Waals surface area contributed by atoms with Gasteiger partial charge in [0.2, 0.25) is 0 Å². The van der Waals surface area contributed by atoms with Crippen LogP contribution in [0.3, 0.4) is 0 Å². The summed E-state index contributed by atoms with van der Waals surface area (Å²) in [6.45, 7) is 1.84. The molecule has 0 spiro atoms. The molecule has 6 heteroatoms. The van der Waals surface area contributed by atoms with Crippen LogP contribution in [0.4, 0.5) is 0 Å². The van der Waals surface area contributed by atoms with Crippen LogP contribution in [0, 0.1) is 0 Å². The molecule has 0 saturated carbocycles. The maximum atomic E-state index is 12.2. The Labute approximate surface area is 121 Å². The van der Waals surface area contributed by atoms with Crippen molar-refractivity contribution in [3.63, 3.8) is 0 Å². The van der Waals surface area contributed by atoms with Crippen molar-refractivity contribution in [1.29, 1.82) is 0 Å². The van der Waals surface area contributed by atoms with Crippen LogP contribution in [0.25, 0.3) is 10.8 Å². The molecule has 0 aliphatic rings. The zero-order valence-electron chi connectivity index (χ0n) is 11.7. The van der Waals surface area contributed by atoms with E-state index in [1.54, 1.807) is 7.11 Å². The van der Waals surface area contributed by atoms with Crippen molar-refractivity contribution in [3.05, 3.63) is 48.3 Å². The molecule has 0 aliphatic carbocycles. The fourth-order valence-electron chi connectivity index (χ4n) is 2.24. The van der Waals surface area contributed by atoms with Gasteiger partial charge in [0.25, 0.3) is 5.91 Å². The first kappa shape index (κ1) is 13.2. The number of fused-ring (bicyclic) bond motifs is 1. The number of tetrazole rings is 1. The van der Waals surface area contributed by atoms with Crippen LogP contribution in [0.15, 0.2) is 42.7 Å². The third-order valence-corrected chi connectivity index (χ3v) is 3.52. The molecular formula is C15H14N4O2. The van der Waals surface area contributed by atoms with E-state index >= 15 is 0 Å². The van der Waals surface area contributed by atoms with Crippen molar-refractivity contribution in [1.82, 2.24) is 20.2 Å². The number of aromatic nitrogens is 4. The Kier molecular flexibility index (Phi) is 3.35. The van der Waals surface area contributed by atoms with Gasteiger partial charge in [0.15, 0.2) is 0 Å². The summed E-state index contributed by atoms with van der Waals surface area (Å²) in [5.41, 5.74) is 0.924. The molecule has 21 heavy (non-hydrogen) atoms. The SMILES string of the molecule is COc1ccc2cc([C@H](C)C(=O)n3cnnn3)ccc2c1. The molecule has 0 aliphatic heterocycles. The Morgan fingerprint density at radius 2 is 1.95 bits per heavy atom. The minimum atomic E-state index is -0.319. The van der Waals surface area contributed by atoms with E-state index in [0.717, 1.165) is 26.8 Å². The van der Waals surface area contributed by atoms with Crippen molar-refractivity contribution >= 4 is 16.7 Å². The first-order valence-electron chi connectivity index (χ1n) is 6.54. The van der Waals surface area contributed by atoms with Gasteiger partial charge in [0.05, 0.1) is 13.0 Å². The van der Waals surface area contributed by atoms with E-state index in [2.05, 4.69) is 15.5 Å². The zero-order valence-corrected chi connectivity index (χ0v) is 11.7.